The van der Waals surface area contributed by atoms with Crippen LogP contribution in [0.3, 0.4) is 0 Å². The molecule has 1 N–H and O–H groups in total. The minimum Gasteiger partial charge on any atom is -0.484 e. The number of aryl methyl sites for hydroxylation is 2. The highest BCUT2D eigenvalue weighted by atomic mass is 32.2. The van der Waals surface area contributed by atoms with Gasteiger partial charge < -0.3 is 14.5 Å². The number of nitrogens with zero attached hydrogens (tertiary/aromatic N) is 2. The van der Waals surface area contributed by atoms with Crippen LogP contribution in [0.2, 0.25) is 0 Å². The van der Waals surface area contributed by atoms with Gasteiger partial charge >= 0.3 is 0 Å². The molecule has 0 bridgehead atoms. The number of benzene rings is 2. The van der Waals surface area contributed by atoms with Gasteiger partial charge in [0.15, 0.2) is 6.61 Å². The second-order valence-corrected chi connectivity index (χ2v) is 8.02. The Kier molecular flexibility index (Phi) is 6.93. The molecule has 1 amide bonds. The smallest absolute Gasteiger partial charge is 0.277 e. The van der Waals surface area contributed by atoms with Crippen LogP contribution in [0.1, 0.15) is 42.3 Å². The molecule has 2 aromatic carbocycles. The van der Waals surface area contributed by atoms with Gasteiger partial charge in [0.25, 0.3) is 11.1 Å². The Bertz CT molecular complexity index is 985. The Morgan fingerprint density at radius 3 is 2.72 bits per heavy atom. The number of para-hydroxylation sites is 1. The predicted octanol–water partition coefficient (Wildman–Crippen LogP) is 5.12. The summed E-state index contributed by atoms with van der Waals surface area (Å²) in [6.45, 7) is 8.40. The van der Waals surface area contributed by atoms with E-state index in [0.29, 0.717) is 17.0 Å². The molecule has 0 aliphatic rings. The van der Waals surface area contributed by atoms with Crippen molar-refractivity contribution in [1.29, 1.82) is 0 Å². The molecule has 0 aliphatic heterocycles. The van der Waals surface area contributed by atoms with E-state index in [9.17, 15) is 4.79 Å². The van der Waals surface area contributed by atoms with Gasteiger partial charge in [-0.25, -0.2) is 0 Å². The van der Waals surface area contributed by atoms with Crippen LogP contribution in [0.15, 0.2) is 52.1 Å². The number of amides is 1. The lowest BCUT2D eigenvalue weighted by atomic mass is 9.98. The van der Waals surface area contributed by atoms with E-state index in [1.54, 1.807) is 0 Å². The van der Waals surface area contributed by atoms with Gasteiger partial charge in [0.2, 0.25) is 5.91 Å². The van der Waals surface area contributed by atoms with Crippen LogP contribution >= 0.6 is 11.8 Å². The minimum atomic E-state index is -0.109. The van der Waals surface area contributed by atoms with E-state index in [1.165, 1.54) is 11.8 Å². The molecule has 29 heavy (non-hydrogen) atoms. The molecule has 1 heterocycles. The summed E-state index contributed by atoms with van der Waals surface area (Å²) in [6.07, 6.45) is 0. The third-order valence-electron chi connectivity index (χ3n) is 4.32. The third kappa shape index (κ3) is 5.84. The van der Waals surface area contributed by atoms with E-state index < -0.39 is 0 Å². The maximum Gasteiger partial charge on any atom is 0.277 e. The molecule has 0 aliphatic carbocycles. The highest BCUT2D eigenvalue weighted by Gasteiger charge is 2.14. The normalized spacial score (nSPS) is 10.9. The molecule has 1 aromatic heterocycles. The molecule has 152 valence electrons. The number of hydrogen-bond acceptors (Lipinski definition) is 6. The number of ether oxygens (including phenoxy) is 1. The molecular formula is C22H25N3O3S. The fourth-order valence-corrected chi connectivity index (χ4v) is 3.43. The van der Waals surface area contributed by atoms with Crippen molar-refractivity contribution in [3.63, 3.8) is 0 Å². The Balaban J connectivity index is 1.53. The monoisotopic (exact) mass is 411 g/mol. The maximum atomic E-state index is 12.4. The van der Waals surface area contributed by atoms with Crippen molar-refractivity contribution in [2.24, 2.45) is 0 Å². The summed E-state index contributed by atoms with van der Waals surface area (Å²) in [5.41, 5.74) is 4.16. The van der Waals surface area contributed by atoms with Crippen molar-refractivity contribution < 1.29 is 13.9 Å². The van der Waals surface area contributed by atoms with Crippen LogP contribution in [-0.2, 0) is 11.4 Å². The summed E-state index contributed by atoms with van der Waals surface area (Å²) in [4.78, 5) is 12.4. The molecule has 0 saturated carbocycles. The predicted molar refractivity (Wildman–Crippen MR) is 114 cm³/mol. The molecule has 6 nitrogen and oxygen atoms in total. The summed E-state index contributed by atoms with van der Waals surface area (Å²) >= 11 is 1.20. The Hall–Kier alpha value is -2.80. The van der Waals surface area contributed by atoms with Crippen molar-refractivity contribution in [3.8, 4) is 5.75 Å². The van der Waals surface area contributed by atoms with Crippen molar-refractivity contribution in [1.82, 2.24) is 10.2 Å². The minimum absolute atomic E-state index is 0.109. The third-order valence-corrected chi connectivity index (χ3v) is 5.14. The fraction of sp³-hybridized carbons (Fsp3) is 0.318. The number of thioether (sulfide) groups is 1. The van der Waals surface area contributed by atoms with Crippen molar-refractivity contribution in [2.75, 3.05) is 11.1 Å². The average Bonchev–Trinajstić information content (AvgIpc) is 3.14. The summed E-state index contributed by atoms with van der Waals surface area (Å²) in [5.74, 6) is 1.52. The topological polar surface area (TPSA) is 77.2 Å². The van der Waals surface area contributed by atoms with Crippen LogP contribution in [0.25, 0.3) is 0 Å². The Morgan fingerprint density at radius 1 is 1.17 bits per heavy atom. The summed E-state index contributed by atoms with van der Waals surface area (Å²) in [5, 5.41) is 11.3. The van der Waals surface area contributed by atoms with Gasteiger partial charge in [-0.05, 0) is 48.6 Å². The zero-order valence-electron chi connectivity index (χ0n) is 17.1. The highest BCUT2D eigenvalue weighted by molar-refractivity contribution is 7.99. The molecule has 3 aromatic rings. The van der Waals surface area contributed by atoms with Crippen LogP contribution < -0.4 is 10.1 Å². The Labute approximate surface area is 175 Å². The lowest BCUT2D eigenvalue weighted by Crippen LogP contribution is -2.16. The van der Waals surface area contributed by atoms with Crippen molar-refractivity contribution in [3.05, 3.63) is 65.0 Å². The molecule has 0 atom stereocenters. The van der Waals surface area contributed by atoms with Crippen molar-refractivity contribution >= 4 is 23.4 Å². The summed E-state index contributed by atoms with van der Waals surface area (Å²) < 4.78 is 11.2. The van der Waals surface area contributed by atoms with Gasteiger partial charge in [-0.2, -0.15) is 0 Å². The number of anilines is 1. The number of rotatable bonds is 8. The first-order valence-corrected chi connectivity index (χ1v) is 10.4. The van der Waals surface area contributed by atoms with Gasteiger partial charge in [0.05, 0.1) is 5.75 Å². The maximum absolute atomic E-state index is 12.4. The molecule has 0 spiro atoms. The van der Waals surface area contributed by atoms with Crippen LogP contribution in [0.5, 0.6) is 5.75 Å². The molecular weight excluding hydrogens is 386 g/mol. The quantitative estimate of drug-likeness (QED) is 0.519. The molecule has 0 saturated heterocycles. The van der Waals surface area contributed by atoms with E-state index in [1.807, 2.05) is 56.3 Å². The first-order chi connectivity index (χ1) is 13.9. The van der Waals surface area contributed by atoms with Crippen LogP contribution in [-0.4, -0.2) is 21.9 Å². The second-order valence-electron chi connectivity index (χ2n) is 7.10. The van der Waals surface area contributed by atoms with Gasteiger partial charge in [0, 0.05) is 5.69 Å². The average molecular weight is 412 g/mol. The fourth-order valence-electron chi connectivity index (χ4n) is 2.85. The SMILES string of the molecule is Cc1cccc(OCc2nnc(SCC(=O)Nc3c(C)cccc3C(C)C)o2)c1. The number of carbonyl (C=O) groups is 1. The van der Waals surface area contributed by atoms with E-state index in [2.05, 4.69) is 29.4 Å². The number of carbonyl (C=O) groups excluding carboxylic acids is 1. The van der Waals surface area contributed by atoms with Gasteiger partial charge in [0.1, 0.15) is 5.75 Å². The molecule has 3 rings (SSSR count). The highest BCUT2D eigenvalue weighted by Crippen LogP contribution is 2.28. The molecule has 0 fully saturated rings. The number of aromatic nitrogens is 2. The standard InChI is InChI=1S/C22H25N3O3S/c1-14(2)18-10-6-8-16(4)21(18)23-19(26)13-29-22-25-24-20(28-22)12-27-17-9-5-7-15(3)11-17/h5-11,14H,12-13H2,1-4H3,(H,23,26). The van der Waals surface area contributed by atoms with Gasteiger partial charge in [-0.15, -0.1) is 10.2 Å². The summed E-state index contributed by atoms with van der Waals surface area (Å²) in [7, 11) is 0. The largest absolute Gasteiger partial charge is 0.484 e. The van der Waals surface area contributed by atoms with E-state index in [-0.39, 0.29) is 18.3 Å². The van der Waals surface area contributed by atoms with Crippen LogP contribution in [0.4, 0.5) is 5.69 Å². The molecule has 7 heteroatoms. The lowest BCUT2D eigenvalue weighted by Gasteiger charge is -2.16. The Morgan fingerprint density at radius 2 is 1.97 bits per heavy atom. The van der Waals surface area contributed by atoms with E-state index >= 15 is 0 Å². The van der Waals surface area contributed by atoms with Crippen LogP contribution in [0, 0.1) is 13.8 Å². The zero-order valence-corrected chi connectivity index (χ0v) is 17.9. The van der Waals surface area contributed by atoms with E-state index in [0.717, 1.165) is 28.1 Å². The second kappa shape index (κ2) is 9.60. The first-order valence-electron chi connectivity index (χ1n) is 9.46. The van der Waals surface area contributed by atoms with E-state index in [4.69, 9.17) is 9.15 Å². The number of nitrogens with one attached hydrogen (secondary N) is 1. The zero-order chi connectivity index (χ0) is 20.8. The lowest BCUT2D eigenvalue weighted by molar-refractivity contribution is -0.113. The van der Waals surface area contributed by atoms with Gasteiger partial charge in [-0.3, -0.25) is 4.79 Å². The van der Waals surface area contributed by atoms with Crippen molar-refractivity contribution in [2.45, 2.75) is 45.4 Å². The van der Waals surface area contributed by atoms with Gasteiger partial charge in [-0.1, -0.05) is 55.9 Å². The summed E-state index contributed by atoms with van der Waals surface area (Å²) in [6, 6.07) is 13.8. The molecule has 0 unspecified atom stereocenters. The molecule has 0 radical (unpaired) electrons. The first kappa shape index (κ1) is 20.9. The number of hydrogen-bond donors (Lipinski definition) is 1.